The Morgan fingerprint density at radius 3 is 2.39 bits per heavy atom. The molecule has 200 valence electrons. The summed E-state index contributed by atoms with van der Waals surface area (Å²) in [6, 6.07) is 25.4. The summed E-state index contributed by atoms with van der Waals surface area (Å²) in [5, 5.41) is 3.92. The summed E-state index contributed by atoms with van der Waals surface area (Å²) in [7, 11) is 0. The fourth-order valence-electron chi connectivity index (χ4n) is 5.03. The molecular weight excluding hydrogens is 512 g/mol. The predicted molar refractivity (Wildman–Crippen MR) is 158 cm³/mol. The van der Waals surface area contributed by atoms with Gasteiger partial charge in [0.25, 0.3) is 0 Å². The van der Waals surface area contributed by atoms with Gasteiger partial charge in [0.15, 0.2) is 0 Å². The number of carbonyl (C=O) groups excluding carboxylic acids is 2. The molecule has 0 spiro atoms. The summed E-state index contributed by atoms with van der Waals surface area (Å²) in [5.41, 5.74) is 4.39. The van der Waals surface area contributed by atoms with Crippen molar-refractivity contribution in [1.82, 2.24) is 10.2 Å². The molecule has 3 aromatic rings. The van der Waals surface area contributed by atoms with Crippen molar-refractivity contribution in [1.29, 1.82) is 0 Å². The number of nitrogens with one attached hydrogen (secondary N) is 1. The van der Waals surface area contributed by atoms with Crippen molar-refractivity contribution in [2.75, 3.05) is 5.75 Å². The lowest BCUT2D eigenvalue weighted by molar-refractivity contribution is -0.139. The number of aryl methyl sites for hydroxylation is 1. The zero-order valence-electron chi connectivity index (χ0n) is 22.1. The van der Waals surface area contributed by atoms with Crippen LogP contribution < -0.4 is 5.32 Å². The van der Waals surface area contributed by atoms with Gasteiger partial charge in [-0.15, -0.1) is 11.8 Å². The van der Waals surface area contributed by atoms with Crippen LogP contribution in [0.1, 0.15) is 54.4 Å². The lowest BCUT2D eigenvalue weighted by Gasteiger charge is -2.33. The predicted octanol–water partition coefficient (Wildman–Crippen LogP) is 6.97. The average Bonchev–Trinajstić information content (AvgIpc) is 2.93. The minimum Gasteiger partial charge on any atom is -0.352 e. The van der Waals surface area contributed by atoms with Crippen molar-refractivity contribution in [2.24, 2.45) is 0 Å². The van der Waals surface area contributed by atoms with Gasteiger partial charge >= 0.3 is 0 Å². The van der Waals surface area contributed by atoms with Crippen LogP contribution in [0.25, 0.3) is 0 Å². The Morgan fingerprint density at radius 2 is 1.66 bits per heavy atom. The highest BCUT2D eigenvalue weighted by Crippen LogP contribution is 2.22. The standard InChI is InChI=1S/C32H37ClN2O2S/c1-24-11-8-9-15-27(24)22-38-23-31(36)35(21-26-14-10-16-28(33)19-26)30(20-25-12-4-2-5-13-25)32(37)34-29-17-6-3-7-18-29/h2,4-5,8-16,19,29-30H,3,6-7,17-18,20-23H2,1H3,(H,34,37)/t30-/m0/s1. The molecule has 6 heteroatoms. The van der Waals surface area contributed by atoms with E-state index in [-0.39, 0.29) is 17.9 Å². The van der Waals surface area contributed by atoms with Gasteiger partial charge in [-0.25, -0.2) is 0 Å². The highest BCUT2D eigenvalue weighted by atomic mass is 35.5. The first-order valence-corrected chi connectivity index (χ1v) is 15.0. The molecular formula is C32H37ClN2O2S. The van der Waals surface area contributed by atoms with E-state index in [1.165, 1.54) is 17.5 Å². The van der Waals surface area contributed by atoms with E-state index in [1.54, 1.807) is 16.7 Å². The third-order valence-corrected chi connectivity index (χ3v) is 8.41. The molecule has 0 heterocycles. The molecule has 1 N–H and O–H groups in total. The second-order valence-corrected chi connectivity index (χ2v) is 11.5. The monoisotopic (exact) mass is 548 g/mol. The van der Waals surface area contributed by atoms with Crippen molar-refractivity contribution in [3.8, 4) is 0 Å². The van der Waals surface area contributed by atoms with Gasteiger partial charge in [0.2, 0.25) is 11.8 Å². The minimum atomic E-state index is -0.607. The molecule has 1 atom stereocenters. The van der Waals surface area contributed by atoms with Gasteiger partial charge in [-0.05, 0) is 54.2 Å². The Morgan fingerprint density at radius 1 is 0.947 bits per heavy atom. The first-order valence-electron chi connectivity index (χ1n) is 13.5. The first-order chi connectivity index (χ1) is 18.5. The van der Waals surface area contributed by atoms with Crippen molar-refractivity contribution in [3.05, 3.63) is 106 Å². The molecule has 0 unspecified atom stereocenters. The molecule has 1 aliphatic carbocycles. The van der Waals surface area contributed by atoms with Crippen LogP contribution in [0.2, 0.25) is 5.02 Å². The first kappa shape index (κ1) is 28.3. The quantitative estimate of drug-likeness (QED) is 0.281. The summed E-state index contributed by atoms with van der Waals surface area (Å²) in [4.78, 5) is 29.4. The Balaban J connectivity index is 1.57. The minimum absolute atomic E-state index is 0.0386. The number of nitrogens with zero attached hydrogens (tertiary/aromatic N) is 1. The van der Waals surface area contributed by atoms with Gasteiger partial charge in [-0.1, -0.05) is 97.6 Å². The van der Waals surface area contributed by atoms with Crippen LogP contribution in [0.3, 0.4) is 0 Å². The number of hydrogen-bond donors (Lipinski definition) is 1. The molecule has 4 nitrogen and oxygen atoms in total. The van der Waals surface area contributed by atoms with Crippen molar-refractivity contribution in [3.63, 3.8) is 0 Å². The van der Waals surface area contributed by atoms with E-state index < -0.39 is 6.04 Å². The summed E-state index contributed by atoms with van der Waals surface area (Å²) in [6.45, 7) is 2.43. The van der Waals surface area contributed by atoms with Crippen molar-refractivity contribution >= 4 is 35.2 Å². The summed E-state index contributed by atoms with van der Waals surface area (Å²) >= 11 is 7.88. The lowest BCUT2D eigenvalue weighted by atomic mass is 9.94. The van der Waals surface area contributed by atoms with Crippen LogP contribution in [-0.4, -0.2) is 34.6 Å². The van der Waals surface area contributed by atoms with Crippen molar-refractivity contribution in [2.45, 2.75) is 69.8 Å². The van der Waals surface area contributed by atoms with Crippen LogP contribution in [0.15, 0.2) is 78.9 Å². The molecule has 0 bridgehead atoms. The van der Waals surface area contributed by atoms with Gasteiger partial charge in [0.05, 0.1) is 5.75 Å². The number of thioether (sulfide) groups is 1. The fourth-order valence-corrected chi connectivity index (χ4v) is 6.23. The maximum atomic E-state index is 13.8. The highest BCUT2D eigenvalue weighted by molar-refractivity contribution is 7.99. The Hall–Kier alpha value is -2.76. The maximum Gasteiger partial charge on any atom is 0.243 e. The van der Waals surface area contributed by atoms with E-state index in [4.69, 9.17) is 11.6 Å². The molecule has 4 rings (SSSR count). The largest absolute Gasteiger partial charge is 0.352 e. The molecule has 0 radical (unpaired) electrons. The molecule has 1 saturated carbocycles. The summed E-state index contributed by atoms with van der Waals surface area (Å²) in [6.07, 6.45) is 5.95. The average molecular weight is 549 g/mol. The van der Waals surface area contributed by atoms with E-state index in [0.717, 1.165) is 42.6 Å². The maximum absolute atomic E-state index is 13.8. The van der Waals surface area contributed by atoms with E-state index in [1.807, 2.05) is 66.7 Å². The smallest absolute Gasteiger partial charge is 0.243 e. The second-order valence-electron chi connectivity index (χ2n) is 10.1. The number of amides is 2. The lowest BCUT2D eigenvalue weighted by Crippen LogP contribution is -2.53. The SMILES string of the molecule is Cc1ccccc1CSCC(=O)N(Cc1cccc(Cl)c1)[C@@H](Cc1ccccc1)C(=O)NC1CCCCC1. The van der Waals surface area contributed by atoms with Crippen molar-refractivity contribution < 1.29 is 9.59 Å². The van der Waals surface area contributed by atoms with E-state index >= 15 is 0 Å². The van der Waals surface area contributed by atoms with Crippen LogP contribution in [0, 0.1) is 6.92 Å². The van der Waals surface area contributed by atoms with Gasteiger partial charge in [-0.3, -0.25) is 9.59 Å². The Bertz CT molecular complexity index is 1200. The zero-order chi connectivity index (χ0) is 26.7. The fraction of sp³-hybridized carbons (Fsp3) is 0.375. The van der Waals surface area contributed by atoms with E-state index in [0.29, 0.717) is 23.7 Å². The molecule has 1 fully saturated rings. The molecule has 0 aliphatic heterocycles. The molecule has 38 heavy (non-hydrogen) atoms. The summed E-state index contributed by atoms with van der Waals surface area (Å²) < 4.78 is 0. The zero-order valence-corrected chi connectivity index (χ0v) is 23.6. The van der Waals surface area contributed by atoms with Crippen LogP contribution in [0.5, 0.6) is 0 Å². The van der Waals surface area contributed by atoms with Gasteiger partial charge < -0.3 is 10.2 Å². The number of rotatable bonds is 11. The molecule has 3 aromatic carbocycles. The van der Waals surface area contributed by atoms with Gasteiger partial charge in [0.1, 0.15) is 6.04 Å². The van der Waals surface area contributed by atoms with E-state index in [9.17, 15) is 9.59 Å². The second kappa shape index (κ2) is 14.4. The van der Waals surface area contributed by atoms with E-state index in [2.05, 4.69) is 24.4 Å². The number of halogens is 1. The highest BCUT2D eigenvalue weighted by Gasteiger charge is 2.31. The summed E-state index contributed by atoms with van der Waals surface area (Å²) in [5.74, 6) is 0.945. The van der Waals surface area contributed by atoms with Crippen LogP contribution in [-0.2, 0) is 28.3 Å². The molecule has 0 saturated heterocycles. The Kier molecular flexibility index (Phi) is 10.7. The number of benzene rings is 3. The third kappa shape index (κ3) is 8.37. The van der Waals surface area contributed by atoms with Crippen LogP contribution >= 0.6 is 23.4 Å². The number of hydrogen-bond acceptors (Lipinski definition) is 3. The Labute approximate surface area is 236 Å². The molecule has 1 aliphatic rings. The third-order valence-electron chi connectivity index (χ3n) is 7.21. The molecule has 2 amide bonds. The topological polar surface area (TPSA) is 49.4 Å². The van der Waals surface area contributed by atoms with Gasteiger partial charge in [-0.2, -0.15) is 0 Å². The number of carbonyl (C=O) groups is 2. The van der Waals surface area contributed by atoms with Gasteiger partial charge in [0, 0.05) is 29.8 Å². The molecule has 0 aromatic heterocycles. The normalized spacial score (nSPS) is 14.6. The van der Waals surface area contributed by atoms with Crippen LogP contribution in [0.4, 0.5) is 0 Å².